The van der Waals surface area contributed by atoms with Gasteiger partial charge in [-0.05, 0) is 19.8 Å². The van der Waals surface area contributed by atoms with Gasteiger partial charge in [0.25, 0.3) is 0 Å². The zero-order valence-corrected chi connectivity index (χ0v) is 6.31. The van der Waals surface area contributed by atoms with E-state index in [0.717, 1.165) is 12.8 Å². The summed E-state index contributed by atoms with van der Waals surface area (Å²) in [5, 5.41) is 0. The Morgan fingerprint density at radius 2 is 2.30 bits per heavy atom. The van der Waals surface area contributed by atoms with E-state index in [0.29, 0.717) is 18.1 Å². The smallest absolute Gasteiger partial charge is 0.147 e. The highest BCUT2D eigenvalue weighted by atomic mass is 16.1. The van der Waals surface area contributed by atoms with Crippen molar-refractivity contribution in [3.63, 3.8) is 0 Å². The second-order valence-corrected chi connectivity index (χ2v) is 2.70. The average molecular weight is 136 g/mol. The molecule has 0 N–H and O–H groups in total. The van der Waals surface area contributed by atoms with Crippen LogP contribution in [0.25, 0.3) is 0 Å². The van der Waals surface area contributed by atoms with Crippen LogP contribution in [0.1, 0.15) is 32.6 Å². The number of Topliss-reactive ketones (excluding diaryl/α,β-unsaturated/α-hetero) is 1. The molecule has 1 aliphatic carbocycles. The molecule has 1 fully saturated rings. The van der Waals surface area contributed by atoms with Crippen LogP contribution in [0.5, 0.6) is 0 Å². The molecule has 54 valence electrons. The van der Waals surface area contributed by atoms with E-state index in [1.54, 1.807) is 6.92 Å². The Hall–Kier alpha value is -0.770. The number of hydrogen-bond donors (Lipinski definition) is 0. The molecular weight excluding hydrogens is 124 g/mol. The van der Waals surface area contributed by atoms with Crippen molar-refractivity contribution >= 4 is 5.78 Å². The molecule has 0 radical (unpaired) electrons. The van der Waals surface area contributed by atoms with Crippen molar-refractivity contribution in [2.24, 2.45) is 5.92 Å². The lowest BCUT2D eigenvalue weighted by Gasteiger charge is -2.22. The van der Waals surface area contributed by atoms with Crippen LogP contribution >= 0.6 is 0 Å². The van der Waals surface area contributed by atoms with E-state index in [9.17, 15) is 4.79 Å². The van der Waals surface area contributed by atoms with Crippen molar-refractivity contribution in [3.8, 4) is 11.8 Å². The SMILES string of the molecule is CC#CCC(=O)C1CCC1. The van der Waals surface area contributed by atoms with Crippen LogP contribution in [0.4, 0.5) is 0 Å². The lowest BCUT2D eigenvalue weighted by molar-refractivity contribution is -0.124. The Morgan fingerprint density at radius 3 is 2.70 bits per heavy atom. The van der Waals surface area contributed by atoms with Crippen LogP contribution in [-0.4, -0.2) is 5.78 Å². The largest absolute Gasteiger partial charge is 0.298 e. The monoisotopic (exact) mass is 136 g/mol. The predicted octanol–water partition coefficient (Wildman–Crippen LogP) is 1.77. The van der Waals surface area contributed by atoms with Crippen LogP contribution in [0.15, 0.2) is 0 Å². The summed E-state index contributed by atoms with van der Waals surface area (Å²) >= 11 is 0. The van der Waals surface area contributed by atoms with E-state index in [-0.39, 0.29) is 0 Å². The lowest BCUT2D eigenvalue weighted by Crippen LogP contribution is -2.21. The summed E-state index contributed by atoms with van der Waals surface area (Å²) in [5.41, 5.74) is 0. The Bertz CT molecular complexity index is 179. The predicted molar refractivity (Wildman–Crippen MR) is 40.4 cm³/mol. The molecule has 0 bridgehead atoms. The summed E-state index contributed by atoms with van der Waals surface area (Å²) in [6, 6.07) is 0. The average Bonchev–Trinajstić information content (AvgIpc) is 1.79. The summed E-state index contributed by atoms with van der Waals surface area (Å²) in [5.74, 6) is 6.24. The maximum atomic E-state index is 11.1. The third-order valence-electron chi connectivity index (χ3n) is 2.00. The van der Waals surface area contributed by atoms with E-state index in [4.69, 9.17) is 0 Å². The van der Waals surface area contributed by atoms with Gasteiger partial charge in [0.1, 0.15) is 5.78 Å². The molecule has 0 atom stereocenters. The molecule has 1 heteroatoms. The quantitative estimate of drug-likeness (QED) is 0.529. The van der Waals surface area contributed by atoms with Crippen molar-refractivity contribution in [2.75, 3.05) is 0 Å². The van der Waals surface area contributed by atoms with Crippen molar-refractivity contribution in [3.05, 3.63) is 0 Å². The molecule has 0 amide bonds. The minimum absolute atomic E-state index is 0.348. The fourth-order valence-electron chi connectivity index (χ4n) is 1.05. The first-order chi connectivity index (χ1) is 4.84. The molecule has 10 heavy (non-hydrogen) atoms. The van der Waals surface area contributed by atoms with E-state index >= 15 is 0 Å². The van der Waals surface area contributed by atoms with Gasteiger partial charge >= 0.3 is 0 Å². The van der Waals surface area contributed by atoms with Crippen LogP contribution in [0.3, 0.4) is 0 Å². The molecule has 0 unspecified atom stereocenters. The standard InChI is InChI=1S/C9H12O/c1-2-3-7-9(10)8-5-4-6-8/h8H,4-7H2,1H3. The fourth-order valence-corrected chi connectivity index (χ4v) is 1.05. The first-order valence-electron chi connectivity index (χ1n) is 3.77. The maximum absolute atomic E-state index is 11.1. The number of carbonyl (C=O) groups is 1. The Balaban J connectivity index is 2.24. The maximum Gasteiger partial charge on any atom is 0.147 e. The second-order valence-electron chi connectivity index (χ2n) is 2.70. The molecule has 1 saturated carbocycles. The molecule has 0 heterocycles. The number of hydrogen-bond acceptors (Lipinski definition) is 1. The third kappa shape index (κ3) is 1.60. The van der Waals surface area contributed by atoms with Gasteiger partial charge in [0.05, 0.1) is 6.42 Å². The van der Waals surface area contributed by atoms with Gasteiger partial charge in [0.15, 0.2) is 0 Å². The molecule has 0 aromatic carbocycles. The van der Waals surface area contributed by atoms with Gasteiger partial charge in [-0.2, -0.15) is 0 Å². The Labute approximate surface area is 61.8 Å². The second kappa shape index (κ2) is 3.41. The first kappa shape index (κ1) is 7.34. The third-order valence-corrected chi connectivity index (χ3v) is 2.00. The van der Waals surface area contributed by atoms with E-state index in [1.165, 1.54) is 6.42 Å². The fraction of sp³-hybridized carbons (Fsp3) is 0.667. The Morgan fingerprint density at radius 1 is 1.60 bits per heavy atom. The molecule has 1 nitrogen and oxygen atoms in total. The summed E-state index contributed by atoms with van der Waals surface area (Å²) in [7, 11) is 0. The van der Waals surface area contributed by atoms with Gasteiger partial charge in [-0.1, -0.05) is 12.3 Å². The highest BCUT2D eigenvalue weighted by molar-refractivity contribution is 5.83. The number of ketones is 1. The minimum Gasteiger partial charge on any atom is -0.298 e. The van der Waals surface area contributed by atoms with Crippen molar-refractivity contribution in [2.45, 2.75) is 32.6 Å². The highest BCUT2D eigenvalue weighted by Crippen LogP contribution is 2.27. The van der Waals surface area contributed by atoms with Gasteiger partial charge in [0.2, 0.25) is 0 Å². The van der Waals surface area contributed by atoms with E-state index < -0.39 is 0 Å². The summed E-state index contributed by atoms with van der Waals surface area (Å²) in [4.78, 5) is 11.1. The molecule has 0 spiro atoms. The zero-order valence-electron chi connectivity index (χ0n) is 6.31. The van der Waals surface area contributed by atoms with Crippen molar-refractivity contribution in [1.82, 2.24) is 0 Å². The van der Waals surface area contributed by atoms with Gasteiger partial charge in [-0.3, -0.25) is 4.79 Å². The summed E-state index contributed by atoms with van der Waals surface area (Å²) in [6.07, 6.45) is 3.91. The van der Waals surface area contributed by atoms with Crippen molar-refractivity contribution in [1.29, 1.82) is 0 Å². The van der Waals surface area contributed by atoms with Crippen LogP contribution in [0, 0.1) is 17.8 Å². The lowest BCUT2D eigenvalue weighted by atomic mass is 9.81. The molecule has 0 aliphatic heterocycles. The molecular formula is C9H12O. The molecule has 1 rings (SSSR count). The summed E-state index contributed by atoms with van der Waals surface area (Å²) < 4.78 is 0. The van der Waals surface area contributed by atoms with Crippen LogP contribution in [0.2, 0.25) is 0 Å². The van der Waals surface area contributed by atoms with Crippen LogP contribution in [-0.2, 0) is 4.79 Å². The molecule has 0 aromatic heterocycles. The summed E-state index contributed by atoms with van der Waals surface area (Å²) in [6.45, 7) is 1.77. The molecule has 1 aliphatic rings. The number of carbonyl (C=O) groups excluding carboxylic acids is 1. The zero-order chi connectivity index (χ0) is 7.40. The van der Waals surface area contributed by atoms with E-state index in [1.807, 2.05) is 0 Å². The first-order valence-corrected chi connectivity index (χ1v) is 3.77. The molecule has 0 saturated heterocycles. The number of rotatable bonds is 2. The van der Waals surface area contributed by atoms with Gasteiger partial charge < -0.3 is 0 Å². The normalized spacial score (nSPS) is 16.9. The Kier molecular flexibility index (Phi) is 2.50. The van der Waals surface area contributed by atoms with E-state index in [2.05, 4.69) is 11.8 Å². The highest BCUT2D eigenvalue weighted by Gasteiger charge is 2.23. The van der Waals surface area contributed by atoms with Gasteiger partial charge in [-0.25, -0.2) is 0 Å². The van der Waals surface area contributed by atoms with Crippen molar-refractivity contribution < 1.29 is 4.79 Å². The topological polar surface area (TPSA) is 17.1 Å². The minimum atomic E-state index is 0.348. The van der Waals surface area contributed by atoms with Gasteiger partial charge in [0, 0.05) is 5.92 Å². The van der Waals surface area contributed by atoms with Crippen LogP contribution < -0.4 is 0 Å². The molecule has 0 aromatic rings. The van der Waals surface area contributed by atoms with Gasteiger partial charge in [-0.15, -0.1) is 5.92 Å².